The van der Waals surface area contributed by atoms with Gasteiger partial charge in [-0.15, -0.1) is 0 Å². The molecule has 0 aromatic heterocycles. The van der Waals surface area contributed by atoms with E-state index in [4.69, 9.17) is 11.5 Å². The fourth-order valence-electron chi connectivity index (χ4n) is 1.14. The molecule has 3 heteroatoms. The maximum atomic E-state index is 12.7. The van der Waals surface area contributed by atoms with E-state index in [0.29, 0.717) is 6.54 Å². The van der Waals surface area contributed by atoms with Crippen LogP contribution in [0, 0.1) is 12.7 Å². The van der Waals surface area contributed by atoms with Crippen molar-refractivity contribution in [2.45, 2.75) is 13.0 Å². The summed E-state index contributed by atoms with van der Waals surface area (Å²) in [5.74, 6) is -0.264. The van der Waals surface area contributed by atoms with Gasteiger partial charge in [0.25, 0.3) is 0 Å². The highest BCUT2D eigenvalue weighted by molar-refractivity contribution is 5.29. The first-order chi connectivity index (χ1) is 5.65. The van der Waals surface area contributed by atoms with Gasteiger partial charge in [0.15, 0.2) is 0 Å². The smallest absolute Gasteiger partial charge is 0.123 e. The molecule has 0 amide bonds. The number of benzene rings is 1. The van der Waals surface area contributed by atoms with E-state index in [1.165, 1.54) is 12.1 Å². The van der Waals surface area contributed by atoms with Gasteiger partial charge >= 0.3 is 0 Å². The third-order valence-corrected chi connectivity index (χ3v) is 1.89. The monoisotopic (exact) mass is 168 g/mol. The molecular weight excluding hydrogens is 155 g/mol. The standard InChI is InChI=1S/C9H13FN2/c1-6-2-3-7(10)4-8(6)9(12)5-11/h2-4,9H,5,11-12H2,1H3/t9-/m1/s1. The minimum Gasteiger partial charge on any atom is -0.329 e. The maximum Gasteiger partial charge on any atom is 0.123 e. The van der Waals surface area contributed by atoms with Crippen molar-refractivity contribution in [2.75, 3.05) is 6.54 Å². The van der Waals surface area contributed by atoms with Crippen LogP contribution in [0.1, 0.15) is 17.2 Å². The molecular formula is C9H13FN2. The van der Waals surface area contributed by atoms with E-state index in [2.05, 4.69) is 0 Å². The Morgan fingerprint density at radius 2 is 2.17 bits per heavy atom. The SMILES string of the molecule is Cc1ccc(F)cc1[C@H](N)CN. The first kappa shape index (κ1) is 9.16. The molecule has 2 nitrogen and oxygen atoms in total. The summed E-state index contributed by atoms with van der Waals surface area (Å²) in [6.45, 7) is 2.23. The normalized spacial score (nSPS) is 13.0. The lowest BCUT2D eigenvalue weighted by Gasteiger charge is -2.11. The van der Waals surface area contributed by atoms with Crippen LogP contribution < -0.4 is 11.5 Å². The van der Waals surface area contributed by atoms with Crippen LogP contribution in [0.15, 0.2) is 18.2 Å². The van der Waals surface area contributed by atoms with E-state index in [9.17, 15) is 4.39 Å². The Bertz CT molecular complexity index is 273. The Kier molecular flexibility index (Phi) is 2.78. The predicted molar refractivity (Wildman–Crippen MR) is 47.1 cm³/mol. The maximum absolute atomic E-state index is 12.7. The predicted octanol–water partition coefficient (Wildman–Crippen LogP) is 1.09. The Morgan fingerprint density at radius 1 is 1.50 bits per heavy atom. The summed E-state index contributed by atoms with van der Waals surface area (Å²) in [6.07, 6.45) is 0. The van der Waals surface area contributed by atoms with Crippen LogP contribution in [0.25, 0.3) is 0 Å². The zero-order valence-corrected chi connectivity index (χ0v) is 7.05. The van der Waals surface area contributed by atoms with Gasteiger partial charge in [0, 0.05) is 12.6 Å². The van der Waals surface area contributed by atoms with Crippen molar-refractivity contribution in [3.8, 4) is 0 Å². The van der Waals surface area contributed by atoms with Crippen molar-refractivity contribution in [2.24, 2.45) is 11.5 Å². The van der Waals surface area contributed by atoms with E-state index in [0.717, 1.165) is 11.1 Å². The molecule has 1 rings (SSSR count). The van der Waals surface area contributed by atoms with Crippen LogP contribution in [0.4, 0.5) is 4.39 Å². The second kappa shape index (κ2) is 3.65. The van der Waals surface area contributed by atoms with Crippen molar-refractivity contribution in [1.29, 1.82) is 0 Å². The molecule has 0 aliphatic rings. The van der Waals surface area contributed by atoms with Crippen molar-refractivity contribution < 1.29 is 4.39 Å². The summed E-state index contributed by atoms with van der Waals surface area (Å²) in [7, 11) is 0. The minimum absolute atomic E-state index is 0.263. The third-order valence-electron chi connectivity index (χ3n) is 1.89. The Labute approximate surface area is 71.4 Å². The van der Waals surface area contributed by atoms with Gasteiger partial charge in [0.05, 0.1) is 0 Å². The molecule has 0 radical (unpaired) electrons. The number of hydrogen-bond acceptors (Lipinski definition) is 2. The lowest BCUT2D eigenvalue weighted by Crippen LogP contribution is -2.21. The van der Waals surface area contributed by atoms with Gasteiger partial charge in [0.1, 0.15) is 5.82 Å². The van der Waals surface area contributed by atoms with Crippen LogP contribution in [-0.2, 0) is 0 Å². The van der Waals surface area contributed by atoms with E-state index in [1.54, 1.807) is 6.07 Å². The third kappa shape index (κ3) is 1.81. The highest BCUT2D eigenvalue weighted by Crippen LogP contribution is 2.15. The van der Waals surface area contributed by atoms with E-state index < -0.39 is 0 Å². The first-order valence-electron chi connectivity index (χ1n) is 3.87. The zero-order chi connectivity index (χ0) is 9.14. The summed E-state index contributed by atoms with van der Waals surface area (Å²) < 4.78 is 12.7. The Hall–Kier alpha value is -0.930. The summed E-state index contributed by atoms with van der Waals surface area (Å²) in [6, 6.07) is 4.30. The molecule has 12 heavy (non-hydrogen) atoms. The summed E-state index contributed by atoms with van der Waals surface area (Å²) >= 11 is 0. The molecule has 0 fully saturated rings. The highest BCUT2D eigenvalue weighted by Gasteiger charge is 2.07. The van der Waals surface area contributed by atoms with E-state index in [1.807, 2.05) is 6.92 Å². The number of rotatable bonds is 2. The van der Waals surface area contributed by atoms with Gasteiger partial charge in [-0.3, -0.25) is 0 Å². The van der Waals surface area contributed by atoms with Gasteiger partial charge in [-0.1, -0.05) is 6.07 Å². The summed E-state index contributed by atoms with van der Waals surface area (Å²) in [5, 5.41) is 0. The molecule has 1 aromatic rings. The van der Waals surface area contributed by atoms with Crippen LogP contribution in [0.5, 0.6) is 0 Å². The minimum atomic E-state index is -0.264. The molecule has 0 saturated carbocycles. The molecule has 0 bridgehead atoms. The average Bonchev–Trinajstić information content (AvgIpc) is 2.08. The van der Waals surface area contributed by atoms with Gasteiger partial charge in [-0.05, 0) is 30.2 Å². The quantitative estimate of drug-likeness (QED) is 0.694. The summed E-state index contributed by atoms with van der Waals surface area (Å²) in [4.78, 5) is 0. The van der Waals surface area contributed by atoms with Crippen LogP contribution in [0.2, 0.25) is 0 Å². The molecule has 0 saturated heterocycles. The highest BCUT2D eigenvalue weighted by atomic mass is 19.1. The van der Waals surface area contributed by atoms with Gasteiger partial charge in [0.2, 0.25) is 0 Å². The molecule has 0 unspecified atom stereocenters. The molecule has 0 heterocycles. The lowest BCUT2D eigenvalue weighted by atomic mass is 10.0. The number of hydrogen-bond donors (Lipinski definition) is 2. The Morgan fingerprint density at radius 3 is 2.75 bits per heavy atom. The number of halogens is 1. The van der Waals surface area contributed by atoms with Crippen LogP contribution in [0.3, 0.4) is 0 Å². The summed E-state index contributed by atoms with van der Waals surface area (Å²) in [5.41, 5.74) is 12.8. The zero-order valence-electron chi connectivity index (χ0n) is 7.05. The van der Waals surface area contributed by atoms with Crippen molar-refractivity contribution in [3.05, 3.63) is 35.1 Å². The van der Waals surface area contributed by atoms with E-state index >= 15 is 0 Å². The average molecular weight is 168 g/mol. The van der Waals surface area contributed by atoms with Crippen molar-refractivity contribution in [3.63, 3.8) is 0 Å². The second-order valence-corrected chi connectivity index (χ2v) is 2.84. The van der Waals surface area contributed by atoms with Gasteiger partial charge in [-0.25, -0.2) is 4.39 Å². The van der Waals surface area contributed by atoms with Crippen LogP contribution >= 0.6 is 0 Å². The molecule has 0 spiro atoms. The second-order valence-electron chi connectivity index (χ2n) is 2.84. The molecule has 0 aliphatic carbocycles. The van der Waals surface area contributed by atoms with Crippen molar-refractivity contribution >= 4 is 0 Å². The molecule has 4 N–H and O–H groups in total. The number of aryl methyl sites for hydroxylation is 1. The van der Waals surface area contributed by atoms with Gasteiger partial charge in [-0.2, -0.15) is 0 Å². The Balaban J connectivity index is 3.04. The topological polar surface area (TPSA) is 52.0 Å². The molecule has 0 aliphatic heterocycles. The fourth-order valence-corrected chi connectivity index (χ4v) is 1.14. The fraction of sp³-hybridized carbons (Fsp3) is 0.333. The number of nitrogens with two attached hydrogens (primary N) is 2. The first-order valence-corrected chi connectivity index (χ1v) is 3.87. The molecule has 1 atom stereocenters. The largest absolute Gasteiger partial charge is 0.329 e. The molecule has 1 aromatic carbocycles. The van der Waals surface area contributed by atoms with Gasteiger partial charge < -0.3 is 11.5 Å². The van der Waals surface area contributed by atoms with Crippen molar-refractivity contribution in [1.82, 2.24) is 0 Å². The van der Waals surface area contributed by atoms with E-state index in [-0.39, 0.29) is 11.9 Å². The molecule has 66 valence electrons. The lowest BCUT2D eigenvalue weighted by molar-refractivity contribution is 0.618. The van der Waals surface area contributed by atoms with Crippen LogP contribution in [-0.4, -0.2) is 6.54 Å².